The molecule has 0 atom stereocenters. The number of carbonyl (C=O) groups is 1. The van der Waals surface area contributed by atoms with E-state index in [4.69, 9.17) is 11.6 Å². The van der Waals surface area contributed by atoms with E-state index in [1.54, 1.807) is 0 Å². The van der Waals surface area contributed by atoms with Crippen LogP contribution in [-0.4, -0.2) is 47.3 Å². The minimum Gasteiger partial charge on any atom is -0.367 e. The highest BCUT2D eigenvalue weighted by Gasteiger charge is 2.35. The summed E-state index contributed by atoms with van der Waals surface area (Å²) >= 11 is 5.89. The fraction of sp³-hybridized carbons (Fsp3) is 0.615. The lowest BCUT2D eigenvalue weighted by Gasteiger charge is -2.36. The minimum atomic E-state index is 0.136. The van der Waals surface area contributed by atoms with E-state index in [9.17, 15) is 4.79 Å². The summed E-state index contributed by atoms with van der Waals surface area (Å²) in [5.74, 6) is 0.517. The van der Waals surface area contributed by atoms with Crippen LogP contribution in [-0.2, 0) is 0 Å². The van der Waals surface area contributed by atoms with Crippen LogP contribution >= 0.6 is 11.6 Å². The van der Waals surface area contributed by atoms with Gasteiger partial charge in [-0.05, 0) is 26.9 Å². The van der Waals surface area contributed by atoms with Gasteiger partial charge < -0.3 is 10.2 Å². The molecule has 1 aliphatic rings. The van der Waals surface area contributed by atoms with E-state index < -0.39 is 0 Å². The van der Waals surface area contributed by atoms with Gasteiger partial charge in [-0.3, -0.25) is 4.79 Å². The first-order chi connectivity index (χ1) is 9.09. The molecule has 6 heteroatoms. The Kier molecular flexibility index (Phi) is 4.37. The molecular weight excluding hydrogens is 264 g/mol. The van der Waals surface area contributed by atoms with E-state index in [2.05, 4.69) is 34.3 Å². The van der Waals surface area contributed by atoms with Gasteiger partial charge in [-0.1, -0.05) is 24.4 Å². The Morgan fingerprint density at radius 3 is 2.68 bits per heavy atom. The van der Waals surface area contributed by atoms with Crippen LogP contribution in [0.15, 0.2) is 6.33 Å². The molecule has 1 heterocycles. The zero-order valence-corrected chi connectivity index (χ0v) is 12.1. The van der Waals surface area contributed by atoms with Gasteiger partial charge in [0.25, 0.3) is 0 Å². The van der Waals surface area contributed by atoms with Gasteiger partial charge in [0.1, 0.15) is 17.3 Å². The van der Waals surface area contributed by atoms with Gasteiger partial charge in [0.2, 0.25) is 0 Å². The summed E-state index contributed by atoms with van der Waals surface area (Å²) in [5, 5.41) is 3.45. The molecule has 104 valence electrons. The molecule has 5 nitrogen and oxygen atoms in total. The van der Waals surface area contributed by atoms with Crippen LogP contribution in [0.1, 0.15) is 36.0 Å². The van der Waals surface area contributed by atoms with Crippen molar-refractivity contribution >= 4 is 23.7 Å². The second kappa shape index (κ2) is 5.84. The van der Waals surface area contributed by atoms with Crippen molar-refractivity contribution in [2.24, 2.45) is 0 Å². The maximum absolute atomic E-state index is 11.0. The molecule has 1 aromatic heterocycles. The molecule has 0 saturated heterocycles. The van der Waals surface area contributed by atoms with Crippen LogP contribution in [0.5, 0.6) is 0 Å². The summed E-state index contributed by atoms with van der Waals surface area (Å²) in [6.45, 7) is 0.758. The van der Waals surface area contributed by atoms with Crippen molar-refractivity contribution < 1.29 is 4.79 Å². The van der Waals surface area contributed by atoms with Crippen LogP contribution in [0.25, 0.3) is 0 Å². The van der Waals surface area contributed by atoms with Crippen molar-refractivity contribution in [1.29, 1.82) is 0 Å². The van der Waals surface area contributed by atoms with Crippen molar-refractivity contribution in [3.05, 3.63) is 17.0 Å². The number of carbonyl (C=O) groups excluding carboxylic acids is 1. The lowest BCUT2D eigenvalue weighted by atomic mass is 9.96. The molecule has 1 fully saturated rings. The van der Waals surface area contributed by atoms with Crippen molar-refractivity contribution in [1.82, 2.24) is 14.9 Å². The molecule has 2 rings (SSSR count). The Bertz CT molecular complexity index is 458. The third-order valence-corrected chi connectivity index (χ3v) is 4.32. The van der Waals surface area contributed by atoms with Crippen molar-refractivity contribution in [2.45, 2.75) is 31.2 Å². The van der Waals surface area contributed by atoms with E-state index in [1.807, 2.05) is 0 Å². The summed E-state index contributed by atoms with van der Waals surface area (Å²) in [5.41, 5.74) is 0.466. The van der Waals surface area contributed by atoms with E-state index in [0.717, 1.165) is 19.4 Å². The second-order valence-electron chi connectivity index (χ2n) is 5.22. The van der Waals surface area contributed by atoms with Crippen LogP contribution in [0.2, 0.25) is 5.15 Å². The molecule has 0 radical (unpaired) electrons. The number of hydrogen-bond acceptors (Lipinski definition) is 5. The van der Waals surface area contributed by atoms with Crippen molar-refractivity contribution in [3.63, 3.8) is 0 Å². The largest absolute Gasteiger partial charge is 0.367 e. The van der Waals surface area contributed by atoms with E-state index in [-0.39, 0.29) is 10.7 Å². The number of hydrogen-bond donors (Lipinski definition) is 1. The molecule has 0 aliphatic heterocycles. The Hall–Kier alpha value is -1.20. The molecule has 1 saturated carbocycles. The normalized spacial score (nSPS) is 17.7. The second-order valence-corrected chi connectivity index (χ2v) is 5.58. The highest BCUT2D eigenvalue weighted by atomic mass is 35.5. The Labute approximate surface area is 118 Å². The van der Waals surface area contributed by atoms with Gasteiger partial charge in [0.15, 0.2) is 6.29 Å². The maximum Gasteiger partial charge on any atom is 0.156 e. The van der Waals surface area contributed by atoms with Gasteiger partial charge in [-0.2, -0.15) is 0 Å². The minimum absolute atomic E-state index is 0.136. The first-order valence-electron chi connectivity index (χ1n) is 6.46. The molecule has 0 unspecified atom stereocenters. The lowest BCUT2D eigenvalue weighted by molar-refractivity contribution is 0.112. The number of aldehydes is 1. The molecule has 19 heavy (non-hydrogen) atoms. The van der Waals surface area contributed by atoms with Gasteiger partial charge in [-0.15, -0.1) is 0 Å². The Balaban J connectivity index is 2.14. The van der Waals surface area contributed by atoms with Crippen LogP contribution in [0, 0.1) is 0 Å². The number of nitrogens with zero attached hydrogens (tertiary/aromatic N) is 3. The van der Waals surface area contributed by atoms with E-state index in [1.165, 1.54) is 19.2 Å². The van der Waals surface area contributed by atoms with Crippen LogP contribution in [0.4, 0.5) is 5.82 Å². The molecule has 0 amide bonds. The molecule has 0 aromatic carbocycles. The number of aromatic nitrogens is 2. The Morgan fingerprint density at radius 2 is 2.11 bits per heavy atom. The number of halogens is 1. The third-order valence-electron chi connectivity index (χ3n) is 4.02. The first-order valence-corrected chi connectivity index (χ1v) is 6.84. The quantitative estimate of drug-likeness (QED) is 0.663. The summed E-state index contributed by atoms with van der Waals surface area (Å²) in [6.07, 6.45) is 6.86. The number of anilines is 1. The predicted octanol–water partition coefficient (Wildman–Crippen LogP) is 2.23. The summed E-state index contributed by atoms with van der Waals surface area (Å²) in [4.78, 5) is 21.2. The lowest BCUT2D eigenvalue weighted by Crippen LogP contribution is -2.47. The summed E-state index contributed by atoms with van der Waals surface area (Å²) in [7, 11) is 4.20. The van der Waals surface area contributed by atoms with E-state index >= 15 is 0 Å². The highest BCUT2D eigenvalue weighted by Crippen LogP contribution is 2.34. The molecule has 1 aromatic rings. The standard InChI is InChI=1S/C13H19ClN4O/c1-18(2)13(5-3-4-6-13)8-15-12-10(7-19)11(14)16-9-17-12/h7,9H,3-6,8H2,1-2H3,(H,15,16,17). The SMILES string of the molecule is CN(C)C1(CNc2ncnc(Cl)c2C=O)CCCC1. The number of nitrogens with one attached hydrogen (secondary N) is 1. The smallest absolute Gasteiger partial charge is 0.156 e. The van der Waals surface area contributed by atoms with E-state index in [0.29, 0.717) is 17.7 Å². The summed E-state index contributed by atoms with van der Waals surface area (Å²) in [6, 6.07) is 0. The number of rotatable bonds is 5. The van der Waals surface area contributed by atoms with Crippen molar-refractivity contribution in [2.75, 3.05) is 26.0 Å². The molecular formula is C13H19ClN4O. The molecule has 1 N–H and O–H groups in total. The third kappa shape index (κ3) is 2.87. The monoisotopic (exact) mass is 282 g/mol. The molecule has 0 spiro atoms. The average Bonchev–Trinajstić information content (AvgIpc) is 2.86. The van der Waals surface area contributed by atoms with Gasteiger partial charge in [0.05, 0.1) is 5.56 Å². The average molecular weight is 283 g/mol. The molecule has 1 aliphatic carbocycles. The topological polar surface area (TPSA) is 58.1 Å². The van der Waals surface area contributed by atoms with Gasteiger partial charge in [0, 0.05) is 12.1 Å². The van der Waals surface area contributed by atoms with Crippen LogP contribution < -0.4 is 5.32 Å². The van der Waals surface area contributed by atoms with Gasteiger partial charge >= 0.3 is 0 Å². The molecule has 0 bridgehead atoms. The predicted molar refractivity (Wildman–Crippen MR) is 75.8 cm³/mol. The fourth-order valence-electron chi connectivity index (χ4n) is 2.68. The fourth-order valence-corrected chi connectivity index (χ4v) is 2.86. The number of likely N-dealkylation sites (N-methyl/N-ethyl adjacent to an activating group) is 1. The van der Waals surface area contributed by atoms with Crippen LogP contribution in [0.3, 0.4) is 0 Å². The summed E-state index contributed by atoms with van der Waals surface area (Å²) < 4.78 is 0. The highest BCUT2D eigenvalue weighted by molar-refractivity contribution is 6.32. The van der Waals surface area contributed by atoms with Gasteiger partial charge in [-0.25, -0.2) is 9.97 Å². The Morgan fingerprint density at radius 1 is 1.42 bits per heavy atom. The zero-order valence-electron chi connectivity index (χ0n) is 11.3. The zero-order chi connectivity index (χ0) is 13.9. The maximum atomic E-state index is 11.0. The van der Waals surface area contributed by atoms with Crippen molar-refractivity contribution in [3.8, 4) is 0 Å². The first kappa shape index (κ1) is 14.2.